The highest BCUT2D eigenvalue weighted by Gasteiger charge is 2.69. The average molecular weight is 539 g/mol. The first-order valence-corrected chi connectivity index (χ1v) is 14.5. The Bertz CT molecular complexity index is 1230. The summed E-state index contributed by atoms with van der Waals surface area (Å²) in [6.45, 7) is 8.31. The average Bonchev–Trinajstić information content (AvgIpc) is 3.60. The topological polar surface area (TPSA) is 97.2 Å². The molecule has 210 valence electrons. The second kappa shape index (κ2) is 9.62. The smallest absolute Gasteiger partial charge is 0.253 e. The molecule has 39 heavy (non-hydrogen) atoms. The Balaban J connectivity index is 1.06. The Labute approximate surface area is 228 Å². The fourth-order valence-electron chi connectivity index (χ4n) is 7.61. The van der Waals surface area contributed by atoms with Gasteiger partial charge >= 0.3 is 0 Å². The molecule has 0 N–H and O–H groups in total. The summed E-state index contributed by atoms with van der Waals surface area (Å²) < 4.78 is 21.0. The van der Waals surface area contributed by atoms with E-state index >= 15 is 0 Å². The van der Waals surface area contributed by atoms with Gasteiger partial charge in [0.1, 0.15) is 5.69 Å². The predicted molar refractivity (Wildman–Crippen MR) is 138 cm³/mol. The number of hydrogen-bond acceptors (Lipinski definition) is 8. The number of hydrogen-bond donors (Lipinski definition) is 0. The van der Waals surface area contributed by atoms with Gasteiger partial charge in [-0.3, -0.25) is 4.79 Å². The van der Waals surface area contributed by atoms with Gasteiger partial charge in [-0.05, 0) is 69.1 Å². The molecular weight excluding hydrogens is 500 g/mol. The van der Waals surface area contributed by atoms with Gasteiger partial charge in [-0.25, -0.2) is 14.5 Å². The first-order valence-electron chi connectivity index (χ1n) is 14.5. The Hall–Kier alpha value is -2.37. The predicted octanol–water partition coefficient (Wildman–Crippen LogP) is 4.23. The molecule has 1 saturated carbocycles. The van der Waals surface area contributed by atoms with Crippen LogP contribution < -0.4 is 0 Å². The Kier molecular flexibility index (Phi) is 6.31. The maximum atomic E-state index is 12.8. The minimum atomic E-state index is -0.809. The van der Waals surface area contributed by atoms with Gasteiger partial charge in [0, 0.05) is 36.9 Å². The SMILES string of the molecule is C[C@H]1[C@@H](OCc2cn(-c3cccc(C(=O)N4CCCC4)c3)nn2)O[C@@H]2O[C@@]3(C)CC[C@H]4[C@H](C)CC[C@@H]1[C@@]24OO3. The summed E-state index contributed by atoms with van der Waals surface area (Å²) in [6, 6.07) is 7.53. The van der Waals surface area contributed by atoms with Crippen LogP contribution in [0.15, 0.2) is 30.5 Å². The highest BCUT2D eigenvalue weighted by molar-refractivity contribution is 5.94. The number of carbonyl (C=O) groups excluding carboxylic acids is 1. The molecule has 6 aliphatic rings. The summed E-state index contributed by atoms with van der Waals surface area (Å²) >= 11 is 0. The molecule has 0 unspecified atom stereocenters. The molecule has 8 rings (SSSR count). The van der Waals surface area contributed by atoms with Crippen LogP contribution in [0.25, 0.3) is 5.69 Å². The molecule has 10 nitrogen and oxygen atoms in total. The van der Waals surface area contributed by atoms with Crippen LogP contribution in [0.5, 0.6) is 0 Å². The minimum Gasteiger partial charge on any atom is -0.346 e. The summed E-state index contributed by atoms with van der Waals surface area (Å²) in [6.07, 6.45) is 6.92. The van der Waals surface area contributed by atoms with Crippen molar-refractivity contribution in [1.29, 1.82) is 0 Å². The van der Waals surface area contributed by atoms with Crippen LogP contribution in [-0.2, 0) is 30.6 Å². The van der Waals surface area contributed by atoms with Crippen molar-refractivity contribution in [3.8, 4) is 5.69 Å². The number of rotatable bonds is 5. The molecule has 1 aliphatic carbocycles. The lowest BCUT2D eigenvalue weighted by molar-refractivity contribution is -0.577. The van der Waals surface area contributed by atoms with Gasteiger partial charge in [-0.2, -0.15) is 0 Å². The quantitative estimate of drug-likeness (QED) is 0.522. The molecule has 2 aromatic rings. The third-order valence-corrected chi connectivity index (χ3v) is 9.78. The summed E-state index contributed by atoms with van der Waals surface area (Å²) in [5, 5.41) is 8.63. The Morgan fingerprint density at radius 3 is 2.82 bits per heavy atom. The van der Waals surface area contributed by atoms with Crippen molar-refractivity contribution in [1.82, 2.24) is 19.9 Å². The van der Waals surface area contributed by atoms with E-state index in [0.29, 0.717) is 23.1 Å². The van der Waals surface area contributed by atoms with E-state index in [1.165, 1.54) is 0 Å². The molecule has 2 bridgehead atoms. The first kappa shape index (κ1) is 25.6. The van der Waals surface area contributed by atoms with Crippen molar-refractivity contribution in [2.75, 3.05) is 13.1 Å². The van der Waals surface area contributed by atoms with E-state index in [4.69, 9.17) is 24.0 Å². The molecule has 8 atom stereocenters. The minimum absolute atomic E-state index is 0.0660. The van der Waals surface area contributed by atoms with Gasteiger partial charge in [-0.15, -0.1) is 5.10 Å². The van der Waals surface area contributed by atoms with Crippen molar-refractivity contribution in [3.63, 3.8) is 0 Å². The first-order chi connectivity index (χ1) is 18.9. The number of amides is 1. The zero-order valence-electron chi connectivity index (χ0n) is 23.0. The maximum Gasteiger partial charge on any atom is 0.253 e. The van der Waals surface area contributed by atoms with E-state index in [1.54, 1.807) is 4.68 Å². The third kappa shape index (κ3) is 4.23. The van der Waals surface area contributed by atoms with Crippen LogP contribution in [0.2, 0.25) is 0 Å². The van der Waals surface area contributed by atoms with Gasteiger partial charge in [0.05, 0.1) is 18.5 Å². The van der Waals surface area contributed by atoms with Crippen molar-refractivity contribution in [3.05, 3.63) is 41.7 Å². The lowest BCUT2D eigenvalue weighted by atomic mass is 9.58. The van der Waals surface area contributed by atoms with Crippen LogP contribution in [0.3, 0.4) is 0 Å². The number of ether oxygens (including phenoxy) is 3. The third-order valence-electron chi connectivity index (χ3n) is 9.78. The number of aromatic nitrogens is 3. The number of nitrogens with zero attached hydrogens (tertiary/aromatic N) is 4. The molecule has 1 aromatic carbocycles. The van der Waals surface area contributed by atoms with Crippen molar-refractivity contribution < 1.29 is 28.8 Å². The fourth-order valence-corrected chi connectivity index (χ4v) is 7.61. The van der Waals surface area contributed by atoms with Crippen molar-refractivity contribution >= 4 is 5.91 Å². The van der Waals surface area contributed by atoms with Gasteiger partial charge in [0.25, 0.3) is 5.91 Å². The number of carbonyl (C=O) groups is 1. The molecule has 1 amide bonds. The number of fused-ring (bicyclic) bond motifs is 2. The van der Waals surface area contributed by atoms with E-state index in [2.05, 4.69) is 24.2 Å². The molecule has 5 aliphatic heterocycles. The molecule has 1 spiro atoms. The van der Waals surface area contributed by atoms with E-state index in [0.717, 1.165) is 57.3 Å². The lowest BCUT2D eigenvalue weighted by Gasteiger charge is -2.60. The lowest BCUT2D eigenvalue weighted by Crippen LogP contribution is -2.70. The zero-order valence-corrected chi connectivity index (χ0v) is 23.0. The van der Waals surface area contributed by atoms with Gasteiger partial charge in [0.15, 0.2) is 18.2 Å². The van der Waals surface area contributed by atoms with E-state index in [9.17, 15) is 4.79 Å². The molecule has 5 saturated heterocycles. The van der Waals surface area contributed by atoms with Crippen LogP contribution in [0.4, 0.5) is 0 Å². The van der Waals surface area contributed by atoms with Crippen molar-refractivity contribution in [2.45, 2.75) is 89.9 Å². The highest BCUT2D eigenvalue weighted by Crippen LogP contribution is 2.60. The van der Waals surface area contributed by atoms with Crippen LogP contribution in [-0.4, -0.2) is 62.9 Å². The molecule has 6 fully saturated rings. The second-order valence-electron chi connectivity index (χ2n) is 12.3. The van der Waals surface area contributed by atoms with Gasteiger partial charge < -0.3 is 19.1 Å². The van der Waals surface area contributed by atoms with Crippen molar-refractivity contribution in [2.24, 2.45) is 23.7 Å². The monoisotopic (exact) mass is 538 g/mol. The van der Waals surface area contributed by atoms with Gasteiger partial charge in [0.2, 0.25) is 5.79 Å². The van der Waals surface area contributed by atoms with Crippen LogP contribution in [0, 0.1) is 23.7 Å². The zero-order chi connectivity index (χ0) is 26.8. The summed E-state index contributed by atoms with van der Waals surface area (Å²) in [5.41, 5.74) is 1.54. The molecule has 0 radical (unpaired) electrons. The van der Waals surface area contributed by atoms with E-state index in [1.807, 2.05) is 42.3 Å². The molecular formula is C29H38N4O6. The summed E-state index contributed by atoms with van der Waals surface area (Å²) in [5.74, 6) is 0.392. The van der Waals surface area contributed by atoms with Gasteiger partial charge in [-0.1, -0.05) is 25.1 Å². The summed E-state index contributed by atoms with van der Waals surface area (Å²) in [4.78, 5) is 26.9. The molecule has 6 heterocycles. The molecule has 1 aromatic heterocycles. The Morgan fingerprint density at radius 1 is 1.13 bits per heavy atom. The number of likely N-dealkylation sites (tertiary alicyclic amines) is 1. The number of benzene rings is 1. The molecule has 10 heteroatoms. The maximum absolute atomic E-state index is 12.8. The van der Waals surface area contributed by atoms with E-state index < -0.39 is 24.0 Å². The second-order valence-corrected chi connectivity index (χ2v) is 12.3. The standard InChI is InChI=1S/C29H38N4O6/c1-18-9-10-24-19(2)26(36-27-29(24)23(18)11-12-28(3,37-27)38-39-29)35-17-21-16-33(31-30-21)22-8-6-7-20(15-22)25(34)32-13-4-5-14-32/h6-8,15-16,18-19,23-24,26-27H,4-5,9-14,17H2,1-3H3/t18-,19-,23+,24+,26+,27-,28-,29-/m1/s1. The summed E-state index contributed by atoms with van der Waals surface area (Å²) in [7, 11) is 0. The Morgan fingerprint density at radius 2 is 1.97 bits per heavy atom. The van der Waals surface area contributed by atoms with Crippen LogP contribution in [0.1, 0.15) is 75.3 Å². The highest BCUT2D eigenvalue weighted by atomic mass is 17.3. The fraction of sp³-hybridized carbons (Fsp3) is 0.690. The van der Waals surface area contributed by atoms with Crippen LogP contribution >= 0.6 is 0 Å². The normalized spacial score (nSPS) is 39.4. The van der Waals surface area contributed by atoms with E-state index in [-0.39, 0.29) is 24.3 Å². The largest absolute Gasteiger partial charge is 0.346 e.